The number of halogens is 2. The fourth-order valence-corrected chi connectivity index (χ4v) is 3.42. The predicted molar refractivity (Wildman–Crippen MR) is 114 cm³/mol. The molecule has 154 valence electrons. The maximum atomic E-state index is 14.7. The van der Waals surface area contributed by atoms with Gasteiger partial charge in [-0.3, -0.25) is 4.79 Å². The second-order valence-electron chi connectivity index (χ2n) is 6.89. The summed E-state index contributed by atoms with van der Waals surface area (Å²) in [6.07, 6.45) is 0. The second-order valence-corrected chi connectivity index (χ2v) is 7.32. The molecule has 0 bridgehead atoms. The molecular weight excluding hydrogens is 395 g/mol. The van der Waals surface area contributed by atoms with Crippen LogP contribution in [0.15, 0.2) is 41.5 Å². The first-order valence-electron chi connectivity index (χ1n) is 9.49. The van der Waals surface area contributed by atoms with Gasteiger partial charge in [-0.15, -0.1) is 0 Å². The normalized spacial score (nSPS) is 15.4. The van der Waals surface area contributed by atoms with E-state index in [4.69, 9.17) is 11.6 Å². The summed E-state index contributed by atoms with van der Waals surface area (Å²) in [5, 5.41) is 14.1. The number of aromatic hydroxyl groups is 1. The van der Waals surface area contributed by atoms with Gasteiger partial charge >= 0.3 is 0 Å². The van der Waals surface area contributed by atoms with Gasteiger partial charge in [-0.05, 0) is 43.8 Å². The van der Waals surface area contributed by atoms with E-state index in [1.165, 1.54) is 24.3 Å². The van der Waals surface area contributed by atoms with Gasteiger partial charge in [0.2, 0.25) is 0 Å². The van der Waals surface area contributed by atoms with Crippen molar-refractivity contribution < 1.29 is 14.3 Å². The Hall–Kier alpha value is -2.64. The van der Waals surface area contributed by atoms with Crippen LogP contribution < -0.4 is 10.3 Å². The van der Waals surface area contributed by atoms with E-state index in [9.17, 15) is 14.3 Å². The van der Waals surface area contributed by atoms with Crippen LogP contribution in [0.2, 0.25) is 5.02 Å². The lowest BCUT2D eigenvalue weighted by Crippen LogP contribution is -2.46. The Bertz CT molecular complexity index is 927. The van der Waals surface area contributed by atoms with E-state index in [2.05, 4.69) is 22.4 Å². The van der Waals surface area contributed by atoms with E-state index in [0.29, 0.717) is 22.0 Å². The highest BCUT2D eigenvalue weighted by Gasteiger charge is 2.19. The van der Waals surface area contributed by atoms with Gasteiger partial charge in [0.05, 0.1) is 17.0 Å². The third-order valence-corrected chi connectivity index (χ3v) is 5.29. The minimum absolute atomic E-state index is 0.0156. The summed E-state index contributed by atoms with van der Waals surface area (Å²) in [6.45, 7) is 8.21. The van der Waals surface area contributed by atoms with E-state index >= 15 is 0 Å². The molecule has 8 heteroatoms. The van der Waals surface area contributed by atoms with E-state index in [1.54, 1.807) is 19.1 Å². The van der Waals surface area contributed by atoms with Gasteiger partial charge in [0.15, 0.2) is 0 Å². The molecule has 0 saturated carbocycles. The van der Waals surface area contributed by atoms with Gasteiger partial charge in [-0.1, -0.05) is 24.6 Å². The van der Waals surface area contributed by atoms with Crippen LogP contribution in [-0.4, -0.2) is 54.3 Å². The molecule has 1 aliphatic rings. The van der Waals surface area contributed by atoms with Crippen LogP contribution in [0.3, 0.4) is 0 Å². The maximum Gasteiger partial charge on any atom is 0.275 e. The number of likely N-dealkylation sites (N-methyl/N-ethyl adjacent to an activating group) is 1. The van der Waals surface area contributed by atoms with Crippen LogP contribution in [0.1, 0.15) is 29.8 Å². The van der Waals surface area contributed by atoms with Crippen molar-refractivity contribution in [2.45, 2.75) is 13.8 Å². The third kappa shape index (κ3) is 5.05. The average Bonchev–Trinajstić information content (AvgIpc) is 2.73. The Morgan fingerprint density at radius 1 is 1.21 bits per heavy atom. The molecule has 0 radical (unpaired) electrons. The number of carbonyl (C=O) groups excluding carboxylic acids is 1. The number of nitrogens with one attached hydrogen (secondary N) is 1. The molecule has 0 aromatic heterocycles. The number of amides is 1. The van der Waals surface area contributed by atoms with Crippen molar-refractivity contribution in [3.63, 3.8) is 0 Å². The van der Waals surface area contributed by atoms with Crippen LogP contribution in [0.5, 0.6) is 5.75 Å². The zero-order valence-corrected chi connectivity index (χ0v) is 17.2. The molecule has 2 aromatic carbocycles. The van der Waals surface area contributed by atoms with Crippen molar-refractivity contribution in [1.82, 2.24) is 10.3 Å². The second kappa shape index (κ2) is 9.24. The highest BCUT2D eigenvalue weighted by molar-refractivity contribution is 6.31. The Morgan fingerprint density at radius 2 is 1.93 bits per heavy atom. The first-order chi connectivity index (χ1) is 13.9. The lowest BCUT2D eigenvalue weighted by molar-refractivity contribution is 0.0952. The first-order valence-corrected chi connectivity index (χ1v) is 9.87. The van der Waals surface area contributed by atoms with Crippen LogP contribution in [0.25, 0.3) is 0 Å². The molecule has 1 fully saturated rings. The molecule has 0 aliphatic carbocycles. The summed E-state index contributed by atoms with van der Waals surface area (Å²) in [5.74, 6) is -1.12. The number of hydrogen-bond acceptors (Lipinski definition) is 5. The number of hydrogen-bond donors (Lipinski definition) is 2. The van der Waals surface area contributed by atoms with Crippen LogP contribution in [0, 0.1) is 5.82 Å². The summed E-state index contributed by atoms with van der Waals surface area (Å²) < 4.78 is 14.7. The van der Waals surface area contributed by atoms with Gasteiger partial charge in [-0.25, -0.2) is 9.82 Å². The molecule has 29 heavy (non-hydrogen) atoms. The van der Waals surface area contributed by atoms with Crippen molar-refractivity contribution in [3.8, 4) is 5.75 Å². The summed E-state index contributed by atoms with van der Waals surface area (Å²) in [5.41, 5.74) is 3.97. The van der Waals surface area contributed by atoms with Crippen molar-refractivity contribution in [2.75, 3.05) is 37.6 Å². The number of nitrogens with zero attached hydrogens (tertiary/aromatic N) is 3. The molecule has 1 saturated heterocycles. The Kier molecular flexibility index (Phi) is 6.71. The van der Waals surface area contributed by atoms with E-state index < -0.39 is 5.91 Å². The number of phenolic OH excluding ortho intramolecular Hbond substituents is 1. The third-order valence-electron chi connectivity index (χ3n) is 5.05. The maximum absolute atomic E-state index is 14.7. The van der Waals surface area contributed by atoms with Gasteiger partial charge in [0, 0.05) is 36.8 Å². The SMILES string of the molecule is CCN1CCN(c2ccc(/C(C)=N\NC(=O)c3cc(Cl)ccc3O)cc2F)CC1. The van der Waals surface area contributed by atoms with Crippen LogP contribution >= 0.6 is 11.6 Å². The number of carbonyl (C=O) groups is 1. The van der Waals surface area contributed by atoms with Crippen molar-refractivity contribution in [1.29, 1.82) is 0 Å². The van der Waals surface area contributed by atoms with Crippen molar-refractivity contribution in [2.24, 2.45) is 5.10 Å². The number of hydrazone groups is 1. The van der Waals surface area contributed by atoms with Gasteiger partial charge in [-0.2, -0.15) is 5.10 Å². The number of phenols is 1. The number of rotatable bonds is 5. The van der Waals surface area contributed by atoms with E-state index in [-0.39, 0.29) is 17.1 Å². The molecule has 3 rings (SSSR count). The van der Waals surface area contributed by atoms with Crippen LogP contribution in [0.4, 0.5) is 10.1 Å². The number of anilines is 1. The van der Waals surface area contributed by atoms with Gasteiger partial charge in [0.25, 0.3) is 5.91 Å². The molecule has 1 amide bonds. The molecule has 6 nitrogen and oxygen atoms in total. The minimum atomic E-state index is -0.602. The summed E-state index contributed by atoms with van der Waals surface area (Å²) in [6, 6.07) is 9.12. The smallest absolute Gasteiger partial charge is 0.275 e. The van der Waals surface area contributed by atoms with Crippen LogP contribution in [-0.2, 0) is 0 Å². The number of benzene rings is 2. The average molecular weight is 419 g/mol. The molecule has 0 spiro atoms. The van der Waals surface area contributed by atoms with Gasteiger partial charge in [0.1, 0.15) is 11.6 Å². The fourth-order valence-electron chi connectivity index (χ4n) is 3.24. The molecule has 1 aliphatic heterocycles. The Balaban J connectivity index is 1.69. The van der Waals surface area contributed by atoms with Gasteiger partial charge < -0.3 is 14.9 Å². The fraction of sp³-hybridized carbons (Fsp3) is 0.333. The molecule has 2 N–H and O–H groups in total. The molecule has 1 heterocycles. The van der Waals surface area contributed by atoms with Crippen molar-refractivity contribution in [3.05, 3.63) is 58.4 Å². The topological polar surface area (TPSA) is 68.2 Å². The lowest BCUT2D eigenvalue weighted by Gasteiger charge is -2.35. The number of piperazine rings is 1. The highest BCUT2D eigenvalue weighted by atomic mass is 35.5. The Morgan fingerprint density at radius 3 is 2.59 bits per heavy atom. The lowest BCUT2D eigenvalue weighted by atomic mass is 10.1. The summed E-state index contributed by atoms with van der Waals surface area (Å²) >= 11 is 5.86. The summed E-state index contributed by atoms with van der Waals surface area (Å²) in [4.78, 5) is 16.6. The summed E-state index contributed by atoms with van der Waals surface area (Å²) in [7, 11) is 0. The first kappa shape index (κ1) is 21.1. The predicted octanol–water partition coefficient (Wildman–Crippen LogP) is 3.48. The van der Waals surface area contributed by atoms with Crippen molar-refractivity contribution >= 4 is 28.9 Å². The Labute approximate surface area is 174 Å². The zero-order valence-electron chi connectivity index (χ0n) is 16.5. The zero-order chi connectivity index (χ0) is 21.0. The van der Waals surface area contributed by atoms with E-state index in [1.807, 2.05) is 4.90 Å². The minimum Gasteiger partial charge on any atom is -0.507 e. The molecule has 2 aromatic rings. The monoisotopic (exact) mass is 418 g/mol. The standard InChI is InChI=1S/C21H24ClFN4O2/c1-3-26-8-10-27(11-9-26)19-6-4-15(12-18(19)23)14(2)24-25-21(29)17-13-16(22)5-7-20(17)28/h4-7,12-13,28H,3,8-11H2,1-2H3,(H,25,29)/b24-14-. The molecule has 0 atom stereocenters. The quantitative estimate of drug-likeness (QED) is 0.576. The molecular formula is C21H24ClFN4O2. The largest absolute Gasteiger partial charge is 0.507 e. The molecule has 0 unspecified atom stereocenters. The van der Waals surface area contributed by atoms with E-state index in [0.717, 1.165) is 32.7 Å². The highest BCUT2D eigenvalue weighted by Crippen LogP contribution is 2.23.